The van der Waals surface area contributed by atoms with Crippen LogP contribution in [0.25, 0.3) is 22.6 Å². The van der Waals surface area contributed by atoms with Crippen LogP contribution in [0.3, 0.4) is 0 Å². The van der Waals surface area contributed by atoms with E-state index in [1.165, 1.54) is 5.56 Å². The second kappa shape index (κ2) is 8.96. The number of aromatic nitrogens is 2. The summed E-state index contributed by atoms with van der Waals surface area (Å²) in [5.41, 5.74) is 5.96. The molecule has 0 saturated heterocycles. The minimum absolute atomic E-state index is 0.0684. The van der Waals surface area contributed by atoms with Gasteiger partial charge in [-0.2, -0.15) is 0 Å². The molecule has 5 heteroatoms. The highest BCUT2D eigenvalue weighted by Gasteiger charge is 2.12. The molecule has 5 nitrogen and oxygen atoms in total. The average molecular weight is 412 g/mol. The minimum Gasteiger partial charge on any atom is -0.421 e. The summed E-state index contributed by atoms with van der Waals surface area (Å²) in [5.74, 6) is 1.22. The zero-order valence-electron chi connectivity index (χ0n) is 17.9. The molecule has 0 fully saturated rings. The summed E-state index contributed by atoms with van der Waals surface area (Å²) in [6.07, 6.45) is 0. The van der Waals surface area contributed by atoms with E-state index in [-0.39, 0.29) is 11.8 Å². The fourth-order valence-corrected chi connectivity index (χ4v) is 3.53. The van der Waals surface area contributed by atoms with Crippen LogP contribution in [0, 0.1) is 13.8 Å². The number of hydrogen-bond donors (Lipinski definition) is 1. The number of hydrogen-bond acceptors (Lipinski definition) is 4. The monoisotopic (exact) mass is 411 g/mol. The number of aryl methyl sites for hydroxylation is 2. The molecule has 0 aliphatic rings. The lowest BCUT2D eigenvalue weighted by Crippen LogP contribution is -2.27. The largest absolute Gasteiger partial charge is 0.421 e. The Morgan fingerprint density at radius 1 is 0.935 bits per heavy atom. The fraction of sp³-hybridized carbons (Fsp3) is 0.192. The standard InChI is InChI=1S/C26H25N3O2/c1-17-9-10-23(26-29-28-19(3)31-26)15-24(17)21-11-13-22(14-12-21)25(30)27-16-18(2)20-7-5-4-6-8-20/h4-15,18H,16H2,1-3H3,(H,27,30). The van der Waals surface area contributed by atoms with Crippen LogP contribution in [-0.2, 0) is 0 Å². The van der Waals surface area contributed by atoms with E-state index in [1.807, 2.05) is 60.7 Å². The predicted octanol–water partition coefficient (Wildman–Crippen LogP) is 5.55. The molecule has 1 N–H and O–H groups in total. The van der Waals surface area contributed by atoms with Gasteiger partial charge in [0.25, 0.3) is 5.91 Å². The van der Waals surface area contributed by atoms with Gasteiger partial charge in [-0.25, -0.2) is 0 Å². The van der Waals surface area contributed by atoms with Crippen LogP contribution in [0.15, 0.2) is 77.2 Å². The van der Waals surface area contributed by atoms with Crippen molar-refractivity contribution in [2.24, 2.45) is 0 Å². The summed E-state index contributed by atoms with van der Waals surface area (Å²) in [7, 11) is 0. The quantitative estimate of drug-likeness (QED) is 0.451. The van der Waals surface area contributed by atoms with Crippen molar-refractivity contribution < 1.29 is 9.21 Å². The maximum atomic E-state index is 12.6. The van der Waals surface area contributed by atoms with E-state index in [0.717, 1.165) is 22.3 Å². The van der Waals surface area contributed by atoms with Crippen LogP contribution in [0.4, 0.5) is 0 Å². The van der Waals surface area contributed by atoms with Gasteiger partial charge in [0.1, 0.15) is 0 Å². The first kappa shape index (κ1) is 20.5. The number of amides is 1. The van der Waals surface area contributed by atoms with Gasteiger partial charge >= 0.3 is 0 Å². The van der Waals surface area contributed by atoms with Gasteiger partial charge in [0.15, 0.2) is 0 Å². The van der Waals surface area contributed by atoms with Crippen molar-refractivity contribution in [3.63, 3.8) is 0 Å². The smallest absolute Gasteiger partial charge is 0.251 e. The van der Waals surface area contributed by atoms with E-state index < -0.39 is 0 Å². The van der Waals surface area contributed by atoms with Crippen molar-refractivity contribution in [2.45, 2.75) is 26.7 Å². The van der Waals surface area contributed by atoms with Crippen LogP contribution in [0.1, 0.15) is 40.2 Å². The molecule has 0 aliphatic carbocycles. The molecule has 0 spiro atoms. The maximum absolute atomic E-state index is 12.6. The van der Waals surface area contributed by atoms with E-state index in [2.05, 4.69) is 41.5 Å². The third-order valence-corrected chi connectivity index (χ3v) is 5.41. The number of carbonyl (C=O) groups is 1. The molecule has 4 rings (SSSR count). The lowest BCUT2D eigenvalue weighted by molar-refractivity contribution is 0.0951. The summed E-state index contributed by atoms with van der Waals surface area (Å²) in [6.45, 7) is 6.54. The Morgan fingerprint density at radius 3 is 2.32 bits per heavy atom. The van der Waals surface area contributed by atoms with Gasteiger partial charge in [0.05, 0.1) is 0 Å². The van der Waals surface area contributed by atoms with Crippen molar-refractivity contribution in [1.82, 2.24) is 15.5 Å². The summed E-state index contributed by atoms with van der Waals surface area (Å²) < 4.78 is 5.55. The molecule has 3 aromatic carbocycles. The lowest BCUT2D eigenvalue weighted by Gasteiger charge is -2.13. The van der Waals surface area contributed by atoms with Crippen LogP contribution in [-0.4, -0.2) is 22.6 Å². The molecule has 1 atom stereocenters. The molecule has 0 bridgehead atoms. The zero-order valence-corrected chi connectivity index (χ0v) is 17.9. The topological polar surface area (TPSA) is 68.0 Å². The van der Waals surface area contributed by atoms with Crippen LogP contribution in [0.5, 0.6) is 0 Å². The summed E-state index contributed by atoms with van der Waals surface area (Å²) in [5, 5.41) is 11.0. The fourth-order valence-electron chi connectivity index (χ4n) is 3.53. The van der Waals surface area contributed by atoms with Crippen molar-refractivity contribution >= 4 is 5.91 Å². The number of nitrogens with one attached hydrogen (secondary N) is 1. The van der Waals surface area contributed by atoms with Gasteiger partial charge in [0, 0.05) is 24.6 Å². The van der Waals surface area contributed by atoms with E-state index in [9.17, 15) is 4.79 Å². The highest BCUT2D eigenvalue weighted by Crippen LogP contribution is 2.29. The summed E-state index contributed by atoms with van der Waals surface area (Å²) in [6, 6.07) is 23.9. The Balaban J connectivity index is 1.47. The Kier molecular flexibility index (Phi) is 5.94. The van der Waals surface area contributed by atoms with Gasteiger partial charge in [-0.1, -0.05) is 55.5 Å². The molecule has 0 radical (unpaired) electrons. The summed E-state index contributed by atoms with van der Waals surface area (Å²) in [4.78, 5) is 12.6. The van der Waals surface area contributed by atoms with Crippen molar-refractivity contribution in [1.29, 1.82) is 0 Å². The average Bonchev–Trinajstić information content (AvgIpc) is 3.24. The molecule has 0 saturated carbocycles. The van der Waals surface area contributed by atoms with Crippen LogP contribution in [0.2, 0.25) is 0 Å². The lowest BCUT2D eigenvalue weighted by atomic mass is 9.97. The third-order valence-electron chi connectivity index (χ3n) is 5.41. The Hall–Kier alpha value is -3.73. The number of rotatable bonds is 6. The molecule has 0 aliphatic heterocycles. The van der Waals surface area contributed by atoms with Gasteiger partial charge in [-0.3, -0.25) is 4.79 Å². The number of nitrogens with zero attached hydrogens (tertiary/aromatic N) is 2. The highest BCUT2D eigenvalue weighted by atomic mass is 16.4. The second-order valence-corrected chi connectivity index (χ2v) is 7.76. The van der Waals surface area contributed by atoms with Crippen molar-refractivity contribution in [3.8, 4) is 22.6 Å². The highest BCUT2D eigenvalue weighted by molar-refractivity contribution is 5.94. The molecular formula is C26H25N3O2. The van der Waals surface area contributed by atoms with E-state index >= 15 is 0 Å². The van der Waals surface area contributed by atoms with Gasteiger partial charge in [-0.15, -0.1) is 10.2 Å². The Morgan fingerprint density at radius 2 is 1.65 bits per heavy atom. The van der Waals surface area contributed by atoms with Crippen molar-refractivity contribution in [2.75, 3.05) is 6.54 Å². The van der Waals surface area contributed by atoms with E-state index in [1.54, 1.807) is 6.92 Å². The first-order chi connectivity index (χ1) is 15.0. The molecule has 1 heterocycles. The molecule has 4 aromatic rings. The molecule has 31 heavy (non-hydrogen) atoms. The van der Waals surface area contributed by atoms with E-state index in [4.69, 9.17) is 4.42 Å². The molecule has 156 valence electrons. The Labute approximate surface area is 182 Å². The Bertz CT molecular complexity index is 1180. The van der Waals surface area contributed by atoms with Crippen LogP contribution >= 0.6 is 0 Å². The zero-order chi connectivity index (χ0) is 21.8. The third kappa shape index (κ3) is 4.72. The predicted molar refractivity (Wildman–Crippen MR) is 122 cm³/mol. The van der Waals surface area contributed by atoms with Gasteiger partial charge in [0.2, 0.25) is 11.8 Å². The maximum Gasteiger partial charge on any atom is 0.251 e. The molecule has 1 unspecified atom stereocenters. The van der Waals surface area contributed by atoms with Crippen LogP contribution < -0.4 is 5.32 Å². The number of benzene rings is 3. The van der Waals surface area contributed by atoms with E-state index in [0.29, 0.717) is 23.9 Å². The SMILES string of the molecule is Cc1nnc(-c2ccc(C)c(-c3ccc(C(=O)NCC(C)c4ccccc4)cc3)c2)o1. The van der Waals surface area contributed by atoms with Gasteiger partial charge < -0.3 is 9.73 Å². The van der Waals surface area contributed by atoms with Crippen molar-refractivity contribution in [3.05, 3.63) is 95.4 Å². The normalized spacial score (nSPS) is 11.8. The molecule has 1 amide bonds. The second-order valence-electron chi connectivity index (χ2n) is 7.76. The number of carbonyl (C=O) groups excluding carboxylic acids is 1. The van der Waals surface area contributed by atoms with Gasteiger partial charge in [-0.05, 0) is 59.4 Å². The summed E-state index contributed by atoms with van der Waals surface area (Å²) >= 11 is 0. The molecule has 1 aromatic heterocycles. The minimum atomic E-state index is -0.0684. The first-order valence-electron chi connectivity index (χ1n) is 10.4. The molecular weight excluding hydrogens is 386 g/mol. The first-order valence-corrected chi connectivity index (χ1v) is 10.4.